The number of rotatable bonds is 1. The van der Waals surface area contributed by atoms with Gasteiger partial charge in [0.1, 0.15) is 5.82 Å². The van der Waals surface area contributed by atoms with Gasteiger partial charge in [-0.1, -0.05) is 11.6 Å². The lowest BCUT2D eigenvalue weighted by Crippen LogP contribution is -2.56. The predicted molar refractivity (Wildman–Crippen MR) is 76.6 cm³/mol. The molecule has 2 unspecified atom stereocenters. The maximum Gasteiger partial charge on any atom is 0.254 e. The molecule has 0 saturated carbocycles. The standard InChI is InChI=1S/C13H16ClFN2O.ClH/c1-8-7-17(9(2)6-16-8)13(18)10-3-4-11(14)12(15)5-10;/h3-5,8-9,16H,6-7H2,1-2H3;1H. The summed E-state index contributed by atoms with van der Waals surface area (Å²) in [5.74, 6) is -0.704. The summed E-state index contributed by atoms with van der Waals surface area (Å²) in [4.78, 5) is 14.1. The average molecular weight is 307 g/mol. The summed E-state index contributed by atoms with van der Waals surface area (Å²) in [6, 6.07) is 4.53. The summed E-state index contributed by atoms with van der Waals surface area (Å²) in [7, 11) is 0. The normalized spacial score (nSPS) is 22.8. The number of amides is 1. The highest BCUT2D eigenvalue weighted by atomic mass is 35.5. The van der Waals surface area contributed by atoms with Gasteiger partial charge in [-0.25, -0.2) is 4.39 Å². The number of hydrogen-bond acceptors (Lipinski definition) is 2. The highest BCUT2D eigenvalue weighted by molar-refractivity contribution is 6.30. The summed E-state index contributed by atoms with van der Waals surface area (Å²) >= 11 is 5.61. The van der Waals surface area contributed by atoms with Crippen molar-refractivity contribution in [3.63, 3.8) is 0 Å². The second kappa shape index (κ2) is 6.55. The summed E-state index contributed by atoms with van der Waals surface area (Å²) < 4.78 is 13.4. The van der Waals surface area contributed by atoms with Gasteiger partial charge in [0.15, 0.2) is 0 Å². The van der Waals surface area contributed by atoms with Crippen molar-refractivity contribution in [1.82, 2.24) is 10.2 Å². The smallest absolute Gasteiger partial charge is 0.254 e. The molecule has 19 heavy (non-hydrogen) atoms. The van der Waals surface area contributed by atoms with Gasteiger partial charge in [-0.05, 0) is 32.0 Å². The van der Waals surface area contributed by atoms with Crippen molar-refractivity contribution in [2.24, 2.45) is 0 Å². The van der Waals surface area contributed by atoms with Gasteiger partial charge >= 0.3 is 0 Å². The molecule has 0 aliphatic carbocycles. The zero-order valence-corrected chi connectivity index (χ0v) is 12.4. The number of hydrogen-bond donors (Lipinski definition) is 1. The van der Waals surface area contributed by atoms with E-state index in [2.05, 4.69) is 5.32 Å². The first-order valence-corrected chi connectivity index (χ1v) is 6.36. The zero-order valence-electron chi connectivity index (χ0n) is 10.8. The van der Waals surface area contributed by atoms with Gasteiger partial charge in [0, 0.05) is 30.7 Å². The molecule has 1 amide bonds. The van der Waals surface area contributed by atoms with Crippen molar-refractivity contribution in [1.29, 1.82) is 0 Å². The first kappa shape index (κ1) is 16.2. The molecule has 1 aliphatic rings. The van der Waals surface area contributed by atoms with Gasteiger partial charge in [0.2, 0.25) is 0 Å². The monoisotopic (exact) mass is 306 g/mol. The van der Waals surface area contributed by atoms with Gasteiger partial charge in [-0.3, -0.25) is 4.79 Å². The molecular formula is C13H17Cl2FN2O. The first-order chi connectivity index (χ1) is 8.49. The van der Waals surface area contributed by atoms with Gasteiger partial charge in [0.05, 0.1) is 5.02 Å². The van der Waals surface area contributed by atoms with E-state index in [1.165, 1.54) is 12.1 Å². The molecule has 1 fully saturated rings. The molecule has 1 aromatic carbocycles. The second-order valence-electron chi connectivity index (χ2n) is 4.74. The van der Waals surface area contributed by atoms with Crippen LogP contribution in [0.15, 0.2) is 18.2 Å². The summed E-state index contributed by atoms with van der Waals surface area (Å²) in [6.07, 6.45) is 0. The Morgan fingerprint density at radius 2 is 2.16 bits per heavy atom. The van der Waals surface area contributed by atoms with E-state index in [-0.39, 0.29) is 35.4 Å². The molecule has 0 bridgehead atoms. The third kappa shape index (κ3) is 3.59. The van der Waals surface area contributed by atoms with E-state index in [4.69, 9.17) is 11.6 Å². The van der Waals surface area contributed by atoms with Crippen molar-refractivity contribution >= 4 is 29.9 Å². The summed E-state index contributed by atoms with van der Waals surface area (Å²) in [6.45, 7) is 5.38. The number of nitrogens with zero attached hydrogens (tertiary/aromatic N) is 1. The number of carbonyl (C=O) groups is 1. The fourth-order valence-corrected chi connectivity index (χ4v) is 2.22. The molecule has 106 valence electrons. The molecule has 0 aromatic heterocycles. The van der Waals surface area contributed by atoms with E-state index in [1.54, 1.807) is 11.0 Å². The van der Waals surface area contributed by atoms with E-state index in [1.807, 2.05) is 13.8 Å². The van der Waals surface area contributed by atoms with Gasteiger partial charge in [-0.15, -0.1) is 12.4 Å². The Labute approximate surface area is 123 Å². The van der Waals surface area contributed by atoms with Crippen molar-refractivity contribution in [3.05, 3.63) is 34.6 Å². The number of piperazine rings is 1. The fraction of sp³-hybridized carbons (Fsp3) is 0.462. The Morgan fingerprint density at radius 1 is 1.47 bits per heavy atom. The number of benzene rings is 1. The lowest BCUT2D eigenvalue weighted by atomic mass is 10.1. The molecule has 3 nitrogen and oxygen atoms in total. The minimum Gasteiger partial charge on any atom is -0.333 e. The number of carbonyl (C=O) groups excluding carboxylic acids is 1. The fourth-order valence-electron chi connectivity index (χ4n) is 2.10. The van der Waals surface area contributed by atoms with Gasteiger partial charge in [0.25, 0.3) is 5.91 Å². The molecule has 2 rings (SSSR count). The van der Waals surface area contributed by atoms with E-state index in [0.717, 1.165) is 6.54 Å². The van der Waals surface area contributed by atoms with Crippen LogP contribution in [0.3, 0.4) is 0 Å². The molecular weight excluding hydrogens is 290 g/mol. The Balaban J connectivity index is 0.00000180. The van der Waals surface area contributed by atoms with Crippen LogP contribution in [0, 0.1) is 5.82 Å². The Hall–Kier alpha value is -0.840. The van der Waals surface area contributed by atoms with Crippen molar-refractivity contribution in [2.45, 2.75) is 25.9 Å². The van der Waals surface area contributed by atoms with E-state index < -0.39 is 5.82 Å². The SMILES string of the molecule is CC1CN(C(=O)c2ccc(Cl)c(F)c2)C(C)CN1.Cl. The van der Waals surface area contributed by atoms with Crippen LogP contribution in [0.5, 0.6) is 0 Å². The highest BCUT2D eigenvalue weighted by Gasteiger charge is 2.27. The summed E-state index contributed by atoms with van der Waals surface area (Å²) in [5.41, 5.74) is 0.345. The van der Waals surface area contributed by atoms with Crippen LogP contribution in [0.25, 0.3) is 0 Å². The maximum atomic E-state index is 13.4. The van der Waals surface area contributed by atoms with Crippen LogP contribution in [-0.4, -0.2) is 36.0 Å². The average Bonchev–Trinajstić information content (AvgIpc) is 2.35. The first-order valence-electron chi connectivity index (χ1n) is 5.98. The molecule has 0 spiro atoms. The zero-order chi connectivity index (χ0) is 13.3. The predicted octanol–water partition coefficient (Wildman–Crippen LogP) is 2.72. The lowest BCUT2D eigenvalue weighted by Gasteiger charge is -2.37. The maximum absolute atomic E-state index is 13.4. The van der Waals surface area contributed by atoms with Crippen LogP contribution >= 0.6 is 24.0 Å². The van der Waals surface area contributed by atoms with Gasteiger partial charge < -0.3 is 10.2 Å². The van der Waals surface area contributed by atoms with E-state index in [0.29, 0.717) is 12.1 Å². The molecule has 1 aromatic rings. The Kier molecular flexibility index (Phi) is 5.59. The molecule has 1 aliphatic heterocycles. The Morgan fingerprint density at radius 3 is 2.79 bits per heavy atom. The second-order valence-corrected chi connectivity index (χ2v) is 5.15. The lowest BCUT2D eigenvalue weighted by molar-refractivity contribution is 0.0616. The largest absolute Gasteiger partial charge is 0.333 e. The van der Waals surface area contributed by atoms with Gasteiger partial charge in [-0.2, -0.15) is 0 Å². The number of nitrogens with one attached hydrogen (secondary N) is 1. The van der Waals surface area contributed by atoms with Crippen molar-refractivity contribution in [2.75, 3.05) is 13.1 Å². The van der Waals surface area contributed by atoms with E-state index in [9.17, 15) is 9.18 Å². The van der Waals surface area contributed by atoms with E-state index >= 15 is 0 Å². The van der Waals surface area contributed by atoms with Crippen LogP contribution in [0.1, 0.15) is 24.2 Å². The van der Waals surface area contributed by atoms with Crippen LogP contribution in [0.2, 0.25) is 5.02 Å². The third-order valence-electron chi connectivity index (χ3n) is 3.19. The molecule has 1 heterocycles. The minimum atomic E-state index is -0.557. The summed E-state index contributed by atoms with van der Waals surface area (Å²) in [5, 5.41) is 3.33. The minimum absolute atomic E-state index is 0. The third-order valence-corrected chi connectivity index (χ3v) is 3.50. The molecule has 0 radical (unpaired) electrons. The molecule has 1 N–H and O–H groups in total. The Bertz CT molecular complexity index is 470. The topological polar surface area (TPSA) is 32.3 Å². The van der Waals surface area contributed by atoms with Crippen LogP contribution in [0.4, 0.5) is 4.39 Å². The highest BCUT2D eigenvalue weighted by Crippen LogP contribution is 2.18. The van der Waals surface area contributed by atoms with Crippen LogP contribution < -0.4 is 5.32 Å². The molecule has 2 atom stereocenters. The molecule has 1 saturated heterocycles. The van der Waals surface area contributed by atoms with Crippen molar-refractivity contribution < 1.29 is 9.18 Å². The molecule has 6 heteroatoms. The van der Waals surface area contributed by atoms with Crippen molar-refractivity contribution in [3.8, 4) is 0 Å². The number of halogens is 3. The van der Waals surface area contributed by atoms with Crippen LogP contribution in [-0.2, 0) is 0 Å². The quantitative estimate of drug-likeness (QED) is 0.865.